The molecule has 1 saturated heterocycles. The van der Waals surface area contributed by atoms with Gasteiger partial charge >= 0.3 is 0 Å². The second-order valence-electron chi connectivity index (χ2n) is 9.46. The van der Waals surface area contributed by atoms with Crippen LogP contribution in [0.1, 0.15) is 56.0 Å². The van der Waals surface area contributed by atoms with Crippen LogP contribution in [0.15, 0.2) is 59.5 Å². The molecule has 0 aliphatic carbocycles. The quantitative estimate of drug-likeness (QED) is 0.475. The molecule has 0 bridgehead atoms. The van der Waals surface area contributed by atoms with Crippen molar-refractivity contribution in [3.63, 3.8) is 0 Å². The van der Waals surface area contributed by atoms with Gasteiger partial charge in [-0.3, -0.25) is 14.5 Å². The fourth-order valence-electron chi connectivity index (χ4n) is 4.99. The number of hydrogen-bond donors (Lipinski definition) is 2. The number of benzene rings is 2. The Bertz CT molecular complexity index is 1400. The van der Waals surface area contributed by atoms with Crippen LogP contribution in [0.3, 0.4) is 0 Å². The Morgan fingerprint density at radius 3 is 2.32 bits per heavy atom. The Labute approximate surface area is 221 Å². The van der Waals surface area contributed by atoms with E-state index in [9.17, 15) is 18.0 Å². The Morgan fingerprint density at radius 1 is 0.946 bits per heavy atom. The number of nitrogens with one attached hydrogen (secondary N) is 1. The molecule has 5 rings (SSSR count). The molecule has 3 N–H and O–H groups in total. The molecule has 194 valence electrons. The van der Waals surface area contributed by atoms with Crippen molar-refractivity contribution in [2.75, 3.05) is 25.0 Å². The average Bonchev–Trinajstić information content (AvgIpc) is 3.27. The van der Waals surface area contributed by atoms with Gasteiger partial charge in [0, 0.05) is 43.2 Å². The highest BCUT2D eigenvalue weighted by Gasteiger charge is 2.29. The highest BCUT2D eigenvalue weighted by molar-refractivity contribution is 7.89. The third-order valence-electron chi connectivity index (χ3n) is 6.93. The molecule has 0 unspecified atom stereocenters. The Kier molecular flexibility index (Phi) is 7.43. The van der Waals surface area contributed by atoms with E-state index in [0.29, 0.717) is 42.2 Å². The van der Waals surface area contributed by atoms with Crippen molar-refractivity contribution in [3.8, 4) is 0 Å². The number of fused-ring (bicyclic) bond motifs is 1. The monoisotopic (exact) mass is 538 g/mol. The smallest absolute Gasteiger partial charge is 0.256 e. The van der Waals surface area contributed by atoms with Crippen molar-refractivity contribution in [1.29, 1.82) is 0 Å². The first-order chi connectivity index (χ1) is 17.8. The SMILES string of the molecule is NC(=O)c1c(NC(=O)c2ccc(S(=O)(=O)N3CCCCC3)cc2)sc2c1CCN(Cc1ccccc1)C2. The summed E-state index contributed by atoms with van der Waals surface area (Å²) in [6, 6.07) is 16.2. The van der Waals surface area contributed by atoms with E-state index in [2.05, 4.69) is 22.3 Å². The number of anilines is 1. The van der Waals surface area contributed by atoms with E-state index in [1.54, 1.807) is 0 Å². The molecule has 2 aliphatic rings. The third kappa shape index (κ3) is 5.47. The van der Waals surface area contributed by atoms with Crippen LogP contribution in [-0.4, -0.2) is 49.1 Å². The van der Waals surface area contributed by atoms with Gasteiger partial charge in [0.15, 0.2) is 0 Å². The fourth-order valence-corrected chi connectivity index (χ4v) is 7.80. The largest absolute Gasteiger partial charge is 0.365 e. The molecule has 0 radical (unpaired) electrons. The predicted octanol–water partition coefficient (Wildman–Crippen LogP) is 3.83. The summed E-state index contributed by atoms with van der Waals surface area (Å²) in [5.74, 6) is -0.976. The van der Waals surface area contributed by atoms with Gasteiger partial charge in [0.2, 0.25) is 10.0 Å². The topological polar surface area (TPSA) is 113 Å². The van der Waals surface area contributed by atoms with Gasteiger partial charge < -0.3 is 11.1 Å². The van der Waals surface area contributed by atoms with Gasteiger partial charge in [0.25, 0.3) is 11.8 Å². The van der Waals surface area contributed by atoms with E-state index >= 15 is 0 Å². The zero-order valence-electron chi connectivity index (χ0n) is 20.5. The van der Waals surface area contributed by atoms with Crippen LogP contribution in [-0.2, 0) is 29.5 Å². The molecule has 37 heavy (non-hydrogen) atoms. The van der Waals surface area contributed by atoms with E-state index < -0.39 is 21.8 Å². The van der Waals surface area contributed by atoms with Crippen LogP contribution >= 0.6 is 11.3 Å². The zero-order valence-corrected chi connectivity index (χ0v) is 22.1. The van der Waals surface area contributed by atoms with Gasteiger partial charge in [-0.2, -0.15) is 4.31 Å². The number of thiophene rings is 1. The first-order valence-corrected chi connectivity index (χ1v) is 14.7. The first kappa shape index (κ1) is 25.6. The third-order valence-corrected chi connectivity index (χ3v) is 9.97. The first-order valence-electron chi connectivity index (χ1n) is 12.4. The van der Waals surface area contributed by atoms with Crippen LogP contribution in [0.25, 0.3) is 0 Å². The number of sulfonamides is 1. The molecule has 2 aromatic carbocycles. The van der Waals surface area contributed by atoms with Crippen LogP contribution in [0, 0.1) is 0 Å². The fraction of sp³-hybridized carbons (Fsp3) is 0.333. The number of primary amides is 1. The van der Waals surface area contributed by atoms with E-state index in [-0.39, 0.29) is 4.90 Å². The molecule has 1 aromatic heterocycles. The Hall–Kier alpha value is -3.05. The maximum Gasteiger partial charge on any atom is 0.256 e. The summed E-state index contributed by atoms with van der Waals surface area (Å²) in [6.45, 7) is 3.31. The van der Waals surface area contributed by atoms with Gasteiger partial charge in [-0.05, 0) is 54.7 Å². The summed E-state index contributed by atoms with van der Waals surface area (Å²) in [5, 5.41) is 3.29. The molecule has 10 heteroatoms. The van der Waals surface area contributed by atoms with Crippen LogP contribution < -0.4 is 11.1 Å². The molecular weight excluding hydrogens is 508 g/mol. The second kappa shape index (κ2) is 10.7. The summed E-state index contributed by atoms with van der Waals surface area (Å²) < 4.78 is 27.3. The number of piperidine rings is 1. The minimum atomic E-state index is -3.57. The number of carbonyl (C=O) groups excluding carboxylic acids is 2. The average molecular weight is 539 g/mol. The number of nitrogens with zero attached hydrogens (tertiary/aromatic N) is 2. The Balaban J connectivity index is 1.31. The maximum atomic E-state index is 13.0. The predicted molar refractivity (Wildman–Crippen MR) is 144 cm³/mol. The van der Waals surface area contributed by atoms with Crippen molar-refractivity contribution >= 4 is 38.2 Å². The minimum absolute atomic E-state index is 0.175. The highest BCUT2D eigenvalue weighted by Crippen LogP contribution is 2.37. The second-order valence-corrected chi connectivity index (χ2v) is 12.5. The van der Waals surface area contributed by atoms with Gasteiger partial charge in [0.1, 0.15) is 5.00 Å². The van der Waals surface area contributed by atoms with Crippen molar-refractivity contribution in [2.45, 2.75) is 43.7 Å². The molecular formula is C27H30N4O4S2. The normalized spacial score (nSPS) is 16.8. The van der Waals surface area contributed by atoms with Crippen molar-refractivity contribution < 1.29 is 18.0 Å². The van der Waals surface area contributed by atoms with Gasteiger partial charge in [-0.15, -0.1) is 11.3 Å². The number of amides is 2. The molecule has 3 heterocycles. The van der Waals surface area contributed by atoms with Crippen LogP contribution in [0.2, 0.25) is 0 Å². The van der Waals surface area contributed by atoms with Gasteiger partial charge in [-0.25, -0.2) is 8.42 Å². The zero-order chi connectivity index (χ0) is 26.0. The summed E-state index contributed by atoms with van der Waals surface area (Å²) in [5.41, 5.74) is 8.53. The number of nitrogens with two attached hydrogens (primary N) is 1. The standard InChI is InChI=1S/C27H30N4O4S2/c28-25(32)24-22-13-16-30(17-19-7-3-1-4-8-19)18-23(22)36-27(24)29-26(33)20-9-11-21(12-10-20)37(34,35)31-14-5-2-6-15-31/h1,3-4,7-12H,2,5-6,13-18H2,(H2,28,32)(H,29,33). The van der Waals surface area contributed by atoms with E-state index in [1.165, 1.54) is 45.5 Å². The van der Waals surface area contributed by atoms with Crippen molar-refractivity contribution in [3.05, 3.63) is 81.7 Å². The summed E-state index contributed by atoms with van der Waals surface area (Å²) in [7, 11) is -3.57. The highest BCUT2D eigenvalue weighted by atomic mass is 32.2. The number of hydrogen-bond acceptors (Lipinski definition) is 6. The summed E-state index contributed by atoms with van der Waals surface area (Å²) in [4.78, 5) is 28.9. The molecule has 2 aliphatic heterocycles. The molecule has 2 amide bonds. The van der Waals surface area contributed by atoms with Crippen molar-refractivity contribution in [2.24, 2.45) is 5.73 Å². The summed E-state index contributed by atoms with van der Waals surface area (Å²) >= 11 is 1.38. The van der Waals surface area contributed by atoms with Crippen LogP contribution in [0.4, 0.5) is 5.00 Å². The summed E-state index contributed by atoms with van der Waals surface area (Å²) in [6.07, 6.45) is 3.43. The lowest BCUT2D eigenvalue weighted by atomic mass is 10.0. The lowest BCUT2D eigenvalue weighted by molar-refractivity contribution is 0.0999. The van der Waals surface area contributed by atoms with Gasteiger partial charge in [-0.1, -0.05) is 36.8 Å². The van der Waals surface area contributed by atoms with Crippen molar-refractivity contribution in [1.82, 2.24) is 9.21 Å². The number of rotatable bonds is 7. The molecule has 8 nitrogen and oxygen atoms in total. The van der Waals surface area contributed by atoms with Crippen LogP contribution in [0.5, 0.6) is 0 Å². The molecule has 3 aromatic rings. The van der Waals surface area contributed by atoms with E-state index in [0.717, 1.165) is 42.8 Å². The molecule has 0 atom stereocenters. The van der Waals surface area contributed by atoms with Gasteiger partial charge in [0.05, 0.1) is 10.5 Å². The van der Waals surface area contributed by atoms with E-state index in [1.807, 2.05) is 18.2 Å². The molecule has 1 fully saturated rings. The molecule has 0 saturated carbocycles. The van der Waals surface area contributed by atoms with E-state index in [4.69, 9.17) is 5.73 Å². The lowest BCUT2D eigenvalue weighted by Gasteiger charge is -2.27. The lowest BCUT2D eigenvalue weighted by Crippen LogP contribution is -2.35. The minimum Gasteiger partial charge on any atom is -0.365 e. The Morgan fingerprint density at radius 2 is 1.65 bits per heavy atom. The maximum absolute atomic E-state index is 13.0. The molecule has 0 spiro atoms. The number of carbonyl (C=O) groups is 2.